The van der Waals surface area contributed by atoms with Crippen molar-refractivity contribution in [3.05, 3.63) is 53.1 Å². The molecule has 2 rings (SSSR count). The van der Waals surface area contributed by atoms with Crippen LogP contribution in [-0.4, -0.2) is 45.3 Å². The number of anilines is 1. The Hall–Kier alpha value is -3.55. The zero-order valence-electron chi connectivity index (χ0n) is 18.2. The molecule has 8 nitrogen and oxygen atoms in total. The summed E-state index contributed by atoms with van der Waals surface area (Å²) in [5, 5.41) is 2.73. The predicted octanol–water partition coefficient (Wildman–Crippen LogP) is 3.63. The van der Waals surface area contributed by atoms with E-state index in [4.69, 9.17) is 18.9 Å². The molecule has 2 aromatic carbocycles. The lowest BCUT2D eigenvalue weighted by Gasteiger charge is -2.11. The molecule has 1 amide bonds. The maximum atomic E-state index is 12.5. The Bertz CT molecular complexity index is 881. The molecule has 0 fully saturated rings. The largest absolute Gasteiger partial charge is 0.497 e. The quantitative estimate of drug-likeness (QED) is 0.576. The maximum Gasteiger partial charge on any atom is 0.338 e. The third-order valence-corrected chi connectivity index (χ3v) is 4.29. The van der Waals surface area contributed by atoms with Crippen molar-refractivity contribution in [3.63, 3.8) is 0 Å². The monoisotopic (exact) mass is 429 g/mol. The van der Waals surface area contributed by atoms with E-state index in [-0.39, 0.29) is 36.7 Å². The van der Waals surface area contributed by atoms with Gasteiger partial charge in [0.2, 0.25) is 5.91 Å². The minimum absolute atomic E-state index is 0.153. The average molecular weight is 429 g/mol. The van der Waals surface area contributed by atoms with Gasteiger partial charge in [-0.1, -0.05) is 0 Å². The Balaban J connectivity index is 2.15. The predicted molar refractivity (Wildman–Crippen MR) is 115 cm³/mol. The van der Waals surface area contributed by atoms with Crippen LogP contribution in [0.5, 0.6) is 11.5 Å². The third kappa shape index (κ3) is 7.02. The molecule has 0 aliphatic heterocycles. The fourth-order valence-corrected chi connectivity index (χ4v) is 2.86. The summed E-state index contributed by atoms with van der Waals surface area (Å²) < 4.78 is 20.5. The van der Waals surface area contributed by atoms with Gasteiger partial charge in [-0.3, -0.25) is 4.79 Å². The summed E-state index contributed by atoms with van der Waals surface area (Å²) in [4.78, 5) is 36.8. The number of hydrogen-bond donors (Lipinski definition) is 1. The summed E-state index contributed by atoms with van der Waals surface area (Å²) in [7, 11) is 3.12. The van der Waals surface area contributed by atoms with Gasteiger partial charge in [0, 0.05) is 18.2 Å². The van der Waals surface area contributed by atoms with Crippen molar-refractivity contribution in [2.75, 3.05) is 32.8 Å². The molecule has 0 unspecified atom stereocenters. The summed E-state index contributed by atoms with van der Waals surface area (Å²) in [6, 6.07) is 9.72. The van der Waals surface area contributed by atoms with Crippen LogP contribution in [0.3, 0.4) is 0 Å². The summed E-state index contributed by atoms with van der Waals surface area (Å²) in [5.74, 6) is -0.190. The third-order valence-electron chi connectivity index (χ3n) is 4.29. The molecule has 0 spiro atoms. The highest BCUT2D eigenvalue weighted by Gasteiger charge is 2.16. The van der Waals surface area contributed by atoms with Gasteiger partial charge in [0.15, 0.2) is 0 Å². The highest BCUT2D eigenvalue weighted by molar-refractivity contribution is 5.99. The van der Waals surface area contributed by atoms with Crippen molar-refractivity contribution < 1.29 is 33.3 Å². The molecule has 0 aliphatic carbocycles. The van der Waals surface area contributed by atoms with E-state index in [0.717, 1.165) is 5.56 Å². The number of hydrogen-bond acceptors (Lipinski definition) is 7. The van der Waals surface area contributed by atoms with Crippen LogP contribution < -0.4 is 14.8 Å². The van der Waals surface area contributed by atoms with Crippen LogP contribution in [-0.2, 0) is 20.7 Å². The Labute approximate surface area is 181 Å². The Morgan fingerprint density at radius 3 is 1.74 bits per heavy atom. The van der Waals surface area contributed by atoms with Gasteiger partial charge in [-0.05, 0) is 56.2 Å². The average Bonchev–Trinajstić information content (AvgIpc) is 2.77. The molecule has 0 saturated heterocycles. The van der Waals surface area contributed by atoms with Crippen molar-refractivity contribution in [1.29, 1.82) is 0 Å². The number of amides is 1. The number of methoxy groups -OCH3 is 2. The fraction of sp³-hybridized carbons (Fsp3) is 0.348. The Kier molecular flexibility index (Phi) is 8.87. The second-order valence-electron chi connectivity index (χ2n) is 6.51. The van der Waals surface area contributed by atoms with Gasteiger partial charge in [-0.15, -0.1) is 0 Å². The minimum atomic E-state index is -0.590. The summed E-state index contributed by atoms with van der Waals surface area (Å²) in [5.41, 5.74) is 1.49. The number of ether oxygens (including phenoxy) is 4. The normalized spacial score (nSPS) is 10.2. The van der Waals surface area contributed by atoms with Crippen molar-refractivity contribution in [2.45, 2.75) is 26.7 Å². The summed E-state index contributed by atoms with van der Waals surface area (Å²) >= 11 is 0. The van der Waals surface area contributed by atoms with E-state index in [9.17, 15) is 14.4 Å². The number of esters is 2. The van der Waals surface area contributed by atoms with Gasteiger partial charge in [-0.2, -0.15) is 0 Å². The van der Waals surface area contributed by atoms with Crippen molar-refractivity contribution >= 4 is 23.5 Å². The first-order valence-corrected chi connectivity index (χ1v) is 9.91. The van der Waals surface area contributed by atoms with Crippen molar-refractivity contribution in [3.8, 4) is 11.5 Å². The minimum Gasteiger partial charge on any atom is -0.497 e. The first-order valence-electron chi connectivity index (χ1n) is 9.91. The van der Waals surface area contributed by atoms with Gasteiger partial charge >= 0.3 is 11.9 Å². The first kappa shape index (κ1) is 23.7. The smallest absolute Gasteiger partial charge is 0.338 e. The number of carbonyl (C=O) groups excluding carboxylic acids is 3. The SMILES string of the molecule is CCOC(=O)c1cc(NC(=O)CCc2cc(OC)cc(OC)c2)cc(C(=O)OCC)c1. The van der Waals surface area contributed by atoms with E-state index in [1.165, 1.54) is 18.2 Å². The van der Waals surface area contributed by atoms with Crippen LogP contribution in [0.4, 0.5) is 5.69 Å². The molecular weight excluding hydrogens is 402 g/mol. The van der Waals surface area contributed by atoms with E-state index in [2.05, 4.69) is 5.32 Å². The molecule has 8 heteroatoms. The Morgan fingerprint density at radius 1 is 0.774 bits per heavy atom. The van der Waals surface area contributed by atoms with Gasteiger partial charge in [0.1, 0.15) is 11.5 Å². The van der Waals surface area contributed by atoms with E-state index in [1.54, 1.807) is 34.1 Å². The highest BCUT2D eigenvalue weighted by Crippen LogP contribution is 2.23. The van der Waals surface area contributed by atoms with E-state index < -0.39 is 11.9 Å². The zero-order chi connectivity index (χ0) is 22.8. The van der Waals surface area contributed by atoms with Gasteiger partial charge in [0.25, 0.3) is 0 Å². The lowest BCUT2D eigenvalue weighted by molar-refractivity contribution is -0.116. The van der Waals surface area contributed by atoms with Gasteiger partial charge in [0.05, 0.1) is 38.6 Å². The molecule has 0 radical (unpaired) electrons. The van der Waals surface area contributed by atoms with Crippen LogP contribution in [0.1, 0.15) is 46.5 Å². The van der Waals surface area contributed by atoms with Crippen LogP contribution in [0.2, 0.25) is 0 Å². The molecule has 0 aromatic heterocycles. The molecule has 0 heterocycles. The molecular formula is C23H27NO7. The second kappa shape index (κ2) is 11.6. The van der Waals surface area contributed by atoms with E-state index in [1.807, 2.05) is 12.1 Å². The van der Waals surface area contributed by atoms with Gasteiger partial charge in [-0.25, -0.2) is 9.59 Å². The van der Waals surface area contributed by atoms with Crippen molar-refractivity contribution in [2.24, 2.45) is 0 Å². The molecule has 1 N–H and O–H groups in total. The standard InChI is InChI=1S/C23H27NO7/c1-5-30-22(26)16-11-17(23(27)31-6-2)13-18(12-16)24-21(25)8-7-15-9-19(28-3)14-20(10-15)29-4/h9-14H,5-8H2,1-4H3,(H,24,25). The number of nitrogens with one attached hydrogen (secondary N) is 1. The lowest BCUT2D eigenvalue weighted by Crippen LogP contribution is -2.15. The number of rotatable bonds is 10. The Morgan fingerprint density at radius 2 is 1.29 bits per heavy atom. The van der Waals surface area contributed by atoms with E-state index >= 15 is 0 Å². The van der Waals surface area contributed by atoms with Crippen LogP contribution in [0.25, 0.3) is 0 Å². The fourth-order valence-electron chi connectivity index (χ4n) is 2.86. The second-order valence-corrected chi connectivity index (χ2v) is 6.51. The molecule has 0 saturated carbocycles. The van der Waals surface area contributed by atoms with Crippen LogP contribution in [0.15, 0.2) is 36.4 Å². The van der Waals surface area contributed by atoms with E-state index in [0.29, 0.717) is 23.6 Å². The van der Waals surface area contributed by atoms with Crippen LogP contribution in [0, 0.1) is 0 Å². The lowest BCUT2D eigenvalue weighted by atomic mass is 10.1. The summed E-state index contributed by atoms with van der Waals surface area (Å²) in [6.07, 6.45) is 0.621. The van der Waals surface area contributed by atoms with Crippen molar-refractivity contribution in [1.82, 2.24) is 0 Å². The molecule has 0 aliphatic rings. The number of aryl methyl sites for hydroxylation is 1. The molecule has 0 atom stereocenters. The molecule has 0 bridgehead atoms. The maximum absolute atomic E-state index is 12.5. The topological polar surface area (TPSA) is 100 Å². The number of benzene rings is 2. The molecule has 2 aromatic rings. The number of carbonyl (C=O) groups is 3. The first-order chi connectivity index (χ1) is 14.9. The summed E-state index contributed by atoms with van der Waals surface area (Å²) in [6.45, 7) is 3.75. The highest BCUT2D eigenvalue weighted by atomic mass is 16.5. The molecule has 31 heavy (non-hydrogen) atoms. The van der Waals surface area contributed by atoms with Gasteiger partial charge < -0.3 is 24.3 Å². The zero-order valence-corrected chi connectivity index (χ0v) is 18.2. The van der Waals surface area contributed by atoms with Crippen LogP contribution >= 0.6 is 0 Å². The molecule has 166 valence electrons.